The van der Waals surface area contributed by atoms with Gasteiger partial charge in [0.2, 0.25) is 0 Å². The fourth-order valence-corrected chi connectivity index (χ4v) is 1.18. The van der Waals surface area contributed by atoms with Crippen LogP contribution in [0.5, 0.6) is 0 Å². The second-order valence-electron chi connectivity index (χ2n) is 3.39. The van der Waals surface area contributed by atoms with E-state index >= 15 is 0 Å². The van der Waals surface area contributed by atoms with E-state index in [-0.39, 0.29) is 0 Å². The van der Waals surface area contributed by atoms with Gasteiger partial charge in [-0.1, -0.05) is 26.1 Å². The number of hydrogen-bond acceptors (Lipinski definition) is 3. The summed E-state index contributed by atoms with van der Waals surface area (Å²) in [4.78, 5) is 4.70. The molecule has 0 heterocycles. The van der Waals surface area contributed by atoms with Crippen molar-refractivity contribution < 1.29 is 0 Å². The number of benzene rings is 1. The number of aliphatic imine (C=N–C) groups is 1. The monoisotopic (exact) mass is 236 g/mol. The number of thiocarbonyl (C=S) groups is 2. The smallest absolute Gasteiger partial charge is 0.0823 e. The predicted octanol–water partition coefficient (Wildman–Crippen LogP) is 3.82. The lowest BCUT2D eigenvalue weighted by atomic mass is 10.2. The molecule has 0 saturated carbocycles. The average Bonchev–Trinajstić information content (AvgIpc) is 2.21. The summed E-state index contributed by atoms with van der Waals surface area (Å²) in [5.41, 5.74) is 1.77. The minimum atomic E-state index is 0.346. The van der Waals surface area contributed by atoms with E-state index in [1.807, 2.05) is 24.3 Å². The van der Waals surface area contributed by atoms with Gasteiger partial charge in [-0.2, -0.15) is 4.99 Å². The molecular weight excluding hydrogens is 224 g/mol. The van der Waals surface area contributed by atoms with Crippen molar-refractivity contribution in [2.45, 2.75) is 13.8 Å². The first-order valence-electron chi connectivity index (χ1n) is 4.62. The number of anilines is 1. The molecule has 4 heteroatoms. The Labute approximate surface area is 100 Å². The van der Waals surface area contributed by atoms with E-state index in [0.717, 1.165) is 16.4 Å². The van der Waals surface area contributed by atoms with Crippen LogP contribution >= 0.6 is 24.4 Å². The van der Waals surface area contributed by atoms with Crippen molar-refractivity contribution in [3.05, 3.63) is 24.3 Å². The van der Waals surface area contributed by atoms with Crippen LogP contribution in [0.4, 0.5) is 11.4 Å². The van der Waals surface area contributed by atoms with Crippen LogP contribution in [0.3, 0.4) is 0 Å². The van der Waals surface area contributed by atoms with Crippen LogP contribution in [0.2, 0.25) is 0 Å². The van der Waals surface area contributed by atoms with Crippen molar-refractivity contribution >= 4 is 46.0 Å². The number of rotatable bonds is 3. The Morgan fingerprint density at radius 3 is 2.40 bits per heavy atom. The summed E-state index contributed by atoms with van der Waals surface area (Å²) < 4.78 is 0. The molecule has 1 rings (SSSR count). The molecule has 1 N–H and O–H groups in total. The van der Waals surface area contributed by atoms with Gasteiger partial charge in [0.05, 0.1) is 15.8 Å². The zero-order valence-electron chi connectivity index (χ0n) is 8.65. The maximum absolute atomic E-state index is 5.18. The maximum atomic E-state index is 5.18. The first-order chi connectivity index (χ1) is 7.13. The first-order valence-corrected chi connectivity index (χ1v) is 5.44. The Hall–Kier alpha value is -1.09. The second kappa shape index (κ2) is 5.71. The lowest BCUT2D eigenvalue weighted by Gasteiger charge is -2.10. The normalized spacial score (nSPS) is 9.53. The fraction of sp³-hybridized carbons (Fsp3) is 0.273. The minimum absolute atomic E-state index is 0.346. The van der Waals surface area contributed by atoms with Gasteiger partial charge in [-0.15, -0.1) is 0 Å². The fourth-order valence-electron chi connectivity index (χ4n) is 0.959. The molecule has 0 radical (unpaired) electrons. The Morgan fingerprint density at radius 2 is 1.93 bits per heavy atom. The number of nitrogens with zero attached hydrogens (tertiary/aromatic N) is 1. The molecule has 0 aliphatic carbocycles. The van der Waals surface area contributed by atoms with Gasteiger partial charge in [-0.25, -0.2) is 0 Å². The third-order valence-corrected chi connectivity index (χ3v) is 2.50. The highest BCUT2D eigenvalue weighted by atomic mass is 32.1. The van der Waals surface area contributed by atoms with Crippen molar-refractivity contribution in [2.75, 3.05) is 5.32 Å². The van der Waals surface area contributed by atoms with E-state index in [4.69, 9.17) is 12.2 Å². The Morgan fingerprint density at radius 1 is 1.33 bits per heavy atom. The van der Waals surface area contributed by atoms with Crippen LogP contribution in [-0.4, -0.2) is 10.1 Å². The summed E-state index contributed by atoms with van der Waals surface area (Å²) in [6.45, 7) is 4.11. The van der Waals surface area contributed by atoms with Gasteiger partial charge < -0.3 is 5.32 Å². The summed E-state index contributed by atoms with van der Waals surface area (Å²) in [5.74, 6) is 0.346. The average molecular weight is 236 g/mol. The highest BCUT2D eigenvalue weighted by molar-refractivity contribution is 7.80. The van der Waals surface area contributed by atoms with Crippen molar-refractivity contribution in [3.8, 4) is 0 Å². The highest BCUT2D eigenvalue weighted by Gasteiger charge is 2.01. The number of nitrogens with one attached hydrogen (secondary N) is 1. The predicted molar refractivity (Wildman–Crippen MR) is 72.2 cm³/mol. The minimum Gasteiger partial charge on any atom is -0.350 e. The van der Waals surface area contributed by atoms with Crippen molar-refractivity contribution in [3.63, 3.8) is 0 Å². The van der Waals surface area contributed by atoms with Gasteiger partial charge in [0.1, 0.15) is 0 Å². The van der Waals surface area contributed by atoms with Crippen LogP contribution in [-0.2, 0) is 0 Å². The molecule has 1 aromatic rings. The van der Waals surface area contributed by atoms with Gasteiger partial charge in [-0.3, -0.25) is 0 Å². The van der Waals surface area contributed by atoms with Crippen LogP contribution in [0.1, 0.15) is 13.8 Å². The van der Waals surface area contributed by atoms with Crippen molar-refractivity contribution in [1.82, 2.24) is 0 Å². The molecule has 2 nitrogen and oxygen atoms in total. The van der Waals surface area contributed by atoms with E-state index in [1.54, 1.807) is 0 Å². The molecule has 0 saturated heterocycles. The third kappa shape index (κ3) is 3.88. The van der Waals surface area contributed by atoms with Crippen molar-refractivity contribution in [1.29, 1.82) is 0 Å². The molecule has 0 fully saturated rings. The Balaban J connectivity index is 2.72. The molecular formula is C11H12N2S2. The quantitative estimate of drug-likeness (QED) is 0.638. The molecule has 0 spiro atoms. The van der Waals surface area contributed by atoms with E-state index in [0.29, 0.717) is 5.92 Å². The number of isothiocyanates is 1. The standard InChI is InChI=1S/C11H12N2S2/c1-8(2)11(15)13-10-5-3-9(4-6-10)12-7-14/h3-6,8H,1-2H3,(H,13,15). The van der Waals surface area contributed by atoms with Crippen LogP contribution in [0.25, 0.3) is 0 Å². The van der Waals surface area contributed by atoms with Crippen LogP contribution < -0.4 is 5.32 Å². The van der Waals surface area contributed by atoms with E-state index in [1.165, 1.54) is 0 Å². The molecule has 0 amide bonds. The maximum Gasteiger partial charge on any atom is 0.0823 e. The van der Waals surface area contributed by atoms with Crippen LogP contribution in [0.15, 0.2) is 29.3 Å². The molecule has 0 unspecified atom stereocenters. The van der Waals surface area contributed by atoms with E-state index < -0.39 is 0 Å². The molecule has 0 atom stereocenters. The van der Waals surface area contributed by atoms with Gasteiger partial charge in [-0.05, 0) is 36.5 Å². The lowest BCUT2D eigenvalue weighted by Crippen LogP contribution is -2.15. The van der Waals surface area contributed by atoms with E-state index in [2.05, 4.69) is 41.5 Å². The zero-order valence-corrected chi connectivity index (χ0v) is 10.3. The summed E-state index contributed by atoms with van der Waals surface area (Å²) in [7, 11) is 0. The molecule has 0 aliphatic heterocycles. The SMILES string of the molecule is CC(C)C(=S)Nc1ccc(N=C=S)cc1. The molecule has 0 aliphatic rings. The summed E-state index contributed by atoms with van der Waals surface area (Å²) >= 11 is 9.70. The van der Waals surface area contributed by atoms with E-state index in [9.17, 15) is 0 Å². The lowest BCUT2D eigenvalue weighted by molar-refractivity contribution is 0.898. The van der Waals surface area contributed by atoms with Gasteiger partial charge >= 0.3 is 0 Å². The van der Waals surface area contributed by atoms with Crippen molar-refractivity contribution in [2.24, 2.45) is 10.9 Å². The summed E-state index contributed by atoms with van der Waals surface area (Å²) in [6, 6.07) is 7.56. The van der Waals surface area contributed by atoms with Gasteiger partial charge in [0.15, 0.2) is 0 Å². The second-order valence-corrected chi connectivity index (χ2v) is 4.02. The summed E-state index contributed by atoms with van der Waals surface area (Å²) in [5, 5.41) is 5.48. The molecule has 0 aromatic heterocycles. The highest BCUT2D eigenvalue weighted by Crippen LogP contribution is 2.16. The summed E-state index contributed by atoms with van der Waals surface area (Å²) in [6.07, 6.45) is 0. The molecule has 15 heavy (non-hydrogen) atoms. The Kier molecular flexibility index (Phi) is 4.56. The van der Waals surface area contributed by atoms with Crippen LogP contribution in [0, 0.1) is 5.92 Å². The zero-order chi connectivity index (χ0) is 11.3. The largest absolute Gasteiger partial charge is 0.350 e. The topological polar surface area (TPSA) is 24.4 Å². The molecule has 1 aromatic carbocycles. The van der Waals surface area contributed by atoms with Gasteiger partial charge in [0, 0.05) is 11.6 Å². The molecule has 78 valence electrons. The number of hydrogen-bond donors (Lipinski definition) is 1. The third-order valence-electron chi connectivity index (χ3n) is 1.83. The molecule has 0 bridgehead atoms. The Bertz CT molecular complexity index is 390. The first kappa shape index (κ1) is 12.0. The van der Waals surface area contributed by atoms with Gasteiger partial charge in [0.25, 0.3) is 0 Å².